The number of aromatic nitrogens is 1. The Morgan fingerprint density at radius 1 is 1.33 bits per heavy atom. The first-order valence-corrected chi connectivity index (χ1v) is 10.4. The Hall–Kier alpha value is -3.08. The van der Waals surface area contributed by atoms with Crippen LogP contribution in [0.15, 0.2) is 41.4 Å². The van der Waals surface area contributed by atoms with Crippen LogP contribution in [0.5, 0.6) is 16.6 Å². The van der Waals surface area contributed by atoms with Gasteiger partial charge in [0.25, 0.3) is 0 Å². The van der Waals surface area contributed by atoms with E-state index in [2.05, 4.69) is 15.4 Å². The van der Waals surface area contributed by atoms with Crippen LogP contribution in [0.4, 0.5) is 5.69 Å². The van der Waals surface area contributed by atoms with Gasteiger partial charge in [0.05, 0.1) is 24.2 Å². The molecule has 0 unspecified atom stereocenters. The Labute approximate surface area is 185 Å². The van der Waals surface area contributed by atoms with E-state index in [-0.39, 0.29) is 0 Å². The standard InChI is InChI=1S/C22H21ClN4O2S/c1-5-27(3)13-25-19-11-18(23)20(9-14(19)2)29-22-17(12-24)21(26-30-22)15-7-6-8-16(10-15)28-4/h6-11,13H,5H2,1-4H3/b25-13-. The summed E-state index contributed by atoms with van der Waals surface area (Å²) in [6.45, 7) is 4.83. The number of hydrogen-bond donors (Lipinski definition) is 0. The van der Waals surface area contributed by atoms with Gasteiger partial charge >= 0.3 is 0 Å². The predicted molar refractivity (Wildman–Crippen MR) is 122 cm³/mol. The van der Waals surface area contributed by atoms with Gasteiger partial charge in [-0.15, -0.1) is 0 Å². The SMILES string of the molecule is CCN(C)/C=N\c1cc(Cl)c(Oc2snc(-c3cccc(OC)c3)c2C#N)cc1C. The van der Waals surface area contributed by atoms with Gasteiger partial charge in [0.15, 0.2) is 0 Å². The monoisotopic (exact) mass is 440 g/mol. The molecule has 0 aliphatic carbocycles. The van der Waals surface area contributed by atoms with Gasteiger partial charge in [-0.25, -0.2) is 4.99 Å². The first kappa shape index (κ1) is 21.6. The second-order valence-corrected chi connectivity index (χ2v) is 7.67. The molecule has 0 saturated heterocycles. The number of hydrogen-bond acceptors (Lipinski definition) is 6. The molecule has 0 aliphatic rings. The molecule has 6 nitrogen and oxygen atoms in total. The molecule has 1 heterocycles. The molecule has 30 heavy (non-hydrogen) atoms. The van der Waals surface area contributed by atoms with Gasteiger partial charge in [-0.1, -0.05) is 23.7 Å². The van der Waals surface area contributed by atoms with Crippen LogP contribution in [-0.4, -0.2) is 36.3 Å². The molecular formula is C22H21ClN4O2S. The fraction of sp³-hybridized carbons (Fsp3) is 0.227. The van der Waals surface area contributed by atoms with Crippen molar-refractivity contribution in [3.8, 4) is 33.9 Å². The zero-order chi connectivity index (χ0) is 21.7. The second kappa shape index (κ2) is 9.61. The zero-order valence-corrected chi connectivity index (χ0v) is 18.7. The number of rotatable bonds is 7. The minimum absolute atomic E-state index is 0.355. The van der Waals surface area contributed by atoms with E-state index < -0.39 is 0 Å². The van der Waals surface area contributed by atoms with Gasteiger partial charge in [0.1, 0.15) is 28.8 Å². The fourth-order valence-corrected chi connectivity index (χ4v) is 3.54. The van der Waals surface area contributed by atoms with Crippen LogP contribution in [0.3, 0.4) is 0 Å². The van der Waals surface area contributed by atoms with E-state index in [0.29, 0.717) is 32.8 Å². The van der Waals surface area contributed by atoms with E-state index in [0.717, 1.165) is 34.9 Å². The van der Waals surface area contributed by atoms with Gasteiger partial charge in [0.2, 0.25) is 5.06 Å². The van der Waals surface area contributed by atoms with Crippen LogP contribution in [-0.2, 0) is 0 Å². The third kappa shape index (κ3) is 4.73. The maximum Gasteiger partial charge on any atom is 0.218 e. The Balaban J connectivity index is 1.92. The Morgan fingerprint density at radius 2 is 2.13 bits per heavy atom. The molecule has 0 radical (unpaired) electrons. The number of nitriles is 1. The molecule has 0 amide bonds. The van der Waals surface area contributed by atoms with E-state index in [1.54, 1.807) is 19.5 Å². The molecule has 0 bridgehead atoms. The Morgan fingerprint density at radius 3 is 2.83 bits per heavy atom. The number of benzene rings is 2. The lowest BCUT2D eigenvalue weighted by atomic mass is 10.1. The van der Waals surface area contributed by atoms with E-state index in [1.165, 1.54) is 0 Å². The molecule has 0 atom stereocenters. The van der Waals surface area contributed by atoms with Crippen LogP contribution in [0.2, 0.25) is 5.02 Å². The van der Waals surface area contributed by atoms with Crippen molar-refractivity contribution in [1.82, 2.24) is 9.27 Å². The van der Waals surface area contributed by atoms with Crippen molar-refractivity contribution in [2.24, 2.45) is 4.99 Å². The van der Waals surface area contributed by atoms with Crippen LogP contribution < -0.4 is 9.47 Å². The predicted octanol–water partition coefficient (Wildman–Crippen LogP) is 6.06. The molecule has 0 N–H and O–H groups in total. The molecule has 2 aromatic carbocycles. The van der Waals surface area contributed by atoms with Crippen molar-refractivity contribution < 1.29 is 9.47 Å². The quantitative estimate of drug-likeness (QED) is 0.330. The second-order valence-electron chi connectivity index (χ2n) is 6.53. The van der Waals surface area contributed by atoms with Gasteiger partial charge in [0, 0.05) is 30.7 Å². The summed E-state index contributed by atoms with van der Waals surface area (Å²) in [5.41, 5.74) is 3.35. The molecule has 0 spiro atoms. The summed E-state index contributed by atoms with van der Waals surface area (Å²) in [7, 11) is 3.54. The Bertz CT molecular complexity index is 1120. The summed E-state index contributed by atoms with van der Waals surface area (Å²) in [6.07, 6.45) is 1.76. The maximum atomic E-state index is 9.72. The number of ether oxygens (including phenoxy) is 2. The normalized spacial score (nSPS) is 10.8. The molecule has 8 heteroatoms. The van der Waals surface area contributed by atoms with Gasteiger partial charge in [-0.2, -0.15) is 9.64 Å². The number of aryl methyl sites for hydroxylation is 1. The summed E-state index contributed by atoms with van der Waals surface area (Å²) in [4.78, 5) is 6.43. The van der Waals surface area contributed by atoms with Gasteiger partial charge < -0.3 is 14.4 Å². The van der Waals surface area contributed by atoms with Crippen LogP contribution >= 0.6 is 23.1 Å². The lowest BCUT2D eigenvalue weighted by Gasteiger charge is -2.11. The lowest BCUT2D eigenvalue weighted by molar-refractivity contribution is 0.415. The first-order chi connectivity index (χ1) is 14.5. The topological polar surface area (TPSA) is 70.7 Å². The average molecular weight is 441 g/mol. The van der Waals surface area contributed by atoms with E-state index in [4.69, 9.17) is 21.1 Å². The molecule has 154 valence electrons. The third-order valence-corrected chi connectivity index (χ3v) is 5.48. The Kier molecular flexibility index (Phi) is 6.93. The van der Waals surface area contributed by atoms with Crippen molar-refractivity contribution >= 4 is 35.2 Å². The fourth-order valence-electron chi connectivity index (χ4n) is 2.61. The largest absolute Gasteiger partial charge is 0.497 e. The summed E-state index contributed by atoms with van der Waals surface area (Å²) in [5.74, 6) is 1.14. The third-order valence-electron chi connectivity index (χ3n) is 4.46. The summed E-state index contributed by atoms with van der Waals surface area (Å²) in [6, 6.07) is 13.2. The summed E-state index contributed by atoms with van der Waals surface area (Å²) in [5, 5.41) is 10.5. The molecule has 1 aromatic heterocycles. The lowest BCUT2D eigenvalue weighted by Crippen LogP contribution is -2.14. The molecule has 3 rings (SSSR count). The smallest absolute Gasteiger partial charge is 0.218 e. The molecule has 0 fully saturated rings. The molecular weight excluding hydrogens is 420 g/mol. The number of halogens is 1. The molecule has 0 saturated carbocycles. The van der Waals surface area contributed by atoms with Crippen LogP contribution in [0.25, 0.3) is 11.3 Å². The molecule has 0 aliphatic heterocycles. The molecule has 3 aromatic rings. The maximum absolute atomic E-state index is 9.72. The van der Waals surface area contributed by atoms with Crippen molar-refractivity contribution in [3.05, 3.63) is 52.5 Å². The highest BCUT2D eigenvalue weighted by Gasteiger charge is 2.19. The van der Waals surface area contributed by atoms with E-state index in [1.807, 2.05) is 56.1 Å². The average Bonchev–Trinajstić information content (AvgIpc) is 3.17. The minimum Gasteiger partial charge on any atom is -0.497 e. The highest BCUT2D eigenvalue weighted by Crippen LogP contribution is 2.40. The summed E-state index contributed by atoms with van der Waals surface area (Å²) < 4.78 is 15.7. The number of methoxy groups -OCH3 is 1. The van der Waals surface area contributed by atoms with Gasteiger partial charge in [-0.3, -0.25) is 0 Å². The zero-order valence-electron chi connectivity index (χ0n) is 17.1. The van der Waals surface area contributed by atoms with Crippen LogP contribution in [0.1, 0.15) is 18.1 Å². The van der Waals surface area contributed by atoms with E-state index >= 15 is 0 Å². The summed E-state index contributed by atoms with van der Waals surface area (Å²) >= 11 is 7.54. The van der Waals surface area contributed by atoms with Crippen molar-refractivity contribution in [1.29, 1.82) is 5.26 Å². The van der Waals surface area contributed by atoms with Gasteiger partial charge in [-0.05, 0) is 43.7 Å². The minimum atomic E-state index is 0.355. The van der Waals surface area contributed by atoms with Crippen molar-refractivity contribution in [3.63, 3.8) is 0 Å². The highest BCUT2D eigenvalue weighted by atomic mass is 35.5. The highest BCUT2D eigenvalue weighted by molar-refractivity contribution is 7.08. The number of nitrogens with zero attached hydrogens (tertiary/aromatic N) is 4. The van der Waals surface area contributed by atoms with Crippen LogP contribution in [0, 0.1) is 18.3 Å². The van der Waals surface area contributed by atoms with E-state index in [9.17, 15) is 5.26 Å². The van der Waals surface area contributed by atoms with Crippen molar-refractivity contribution in [2.75, 3.05) is 20.7 Å². The number of aliphatic imine (C=N–C) groups is 1. The van der Waals surface area contributed by atoms with Crippen molar-refractivity contribution in [2.45, 2.75) is 13.8 Å². The first-order valence-electron chi connectivity index (χ1n) is 9.23.